The molecule has 0 atom stereocenters. The molecule has 0 saturated heterocycles. The van der Waals surface area contributed by atoms with Crippen molar-refractivity contribution in [2.75, 3.05) is 0 Å². The molecule has 1 nitrogen and oxygen atoms in total. The quantitative estimate of drug-likeness (QED) is 0.271. The Labute approximate surface area is 202 Å². The Balaban J connectivity index is 1.99. The van der Waals surface area contributed by atoms with Gasteiger partial charge in [0, 0.05) is 21.9 Å². The van der Waals surface area contributed by atoms with Crippen LogP contribution in [0.2, 0.25) is 0 Å². The van der Waals surface area contributed by atoms with Crippen LogP contribution < -0.4 is 10.4 Å². The highest BCUT2D eigenvalue weighted by Gasteiger charge is 2.21. The van der Waals surface area contributed by atoms with E-state index in [4.69, 9.17) is 0 Å². The van der Waals surface area contributed by atoms with Crippen LogP contribution in [0, 0.1) is 6.92 Å². The lowest BCUT2D eigenvalue weighted by Crippen LogP contribution is -2.28. The summed E-state index contributed by atoms with van der Waals surface area (Å²) in [6.45, 7) is 13.0. The predicted octanol–water partition coefficient (Wildman–Crippen LogP) is 7.54. The molecule has 0 amide bonds. The third-order valence-corrected chi connectivity index (χ3v) is 6.91. The summed E-state index contributed by atoms with van der Waals surface area (Å²) in [6.07, 6.45) is 3.96. The number of rotatable bonds is 4. The van der Waals surface area contributed by atoms with E-state index < -0.39 is 0 Å². The second-order valence-corrected chi connectivity index (χ2v) is 9.30. The number of aryl methyl sites for hydroxylation is 1. The van der Waals surface area contributed by atoms with Crippen LogP contribution in [0.25, 0.3) is 44.7 Å². The minimum absolute atomic E-state index is 0.397. The van der Waals surface area contributed by atoms with Gasteiger partial charge in [-0.15, -0.1) is 0 Å². The molecule has 168 valence electrons. The van der Waals surface area contributed by atoms with Gasteiger partial charge in [-0.2, -0.15) is 0 Å². The molecule has 5 rings (SSSR count). The number of fused-ring (bicyclic) bond motifs is 2. The van der Waals surface area contributed by atoms with Gasteiger partial charge in [-0.25, -0.2) is 0 Å². The molecule has 0 radical (unpaired) electrons. The highest BCUT2D eigenvalue weighted by atomic mass is 15.0. The molecule has 0 fully saturated rings. The van der Waals surface area contributed by atoms with Gasteiger partial charge in [0.25, 0.3) is 0 Å². The summed E-state index contributed by atoms with van der Waals surface area (Å²) in [5.74, 6) is 0.397. The minimum atomic E-state index is 0.397. The monoisotopic (exact) mass is 441 g/mol. The van der Waals surface area contributed by atoms with Gasteiger partial charge in [0.1, 0.15) is 0 Å². The fourth-order valence-corrected chi connectivity index (χ4v) is 5.42. The summed E-state index contributed by atoms with van der Waals surface area (Å²) in [7, 11) is 0. The maximum atomic E-state index is 3.94. The molecule has 0 N–H and O–H groups in total. The first-order chi connectivity index (χ1) is 16.5. The van der Waals surface area contributed by atoms with E-state index in [0.717, 1.165) is 0 Å². The molecule has 0 aliphatic carbocycles. The highest BCUT2D eigenvalue weighted by molar-refractivity contribution is 5.99. The summed E-state index contributed by atoms with van der Waals surface area (Å²) in [6, 6.07) is 30.7. The van der Waals surface area contributed by atoms with Crippen LogP contribution in [0.4, 0.5) is 0 Å². The minimum Gasteiger partial charge on any atom is -0.312 e. The van der Waals surface area contributed by atoms with Crippen LogP contribution >= 0.6 is 0 Å². The molecule has 0 bridgehead atoms. The number of allylic oxidation sites excluding steroid dienone is 1. The fraction of sp³-hybridized carbons (Fsp3) is 0.152. The lowest BCUT2D eigenvalue weighted by molar-refractivity contribution is 0.876. The van der Waals surface area contributed by atoms with Gasteiger partial charge in [0.05, 0.1) is 11.2 Å². The largest absolute Gasteiger partial charge is 0.312 e. The van der Waals surface area contributed by atoms with Crippen LogP contribution in [0.5, 0.6) is 0 Å². The van der Waals surface area contributed by atoms with Crippen LogP contribution in [0.1, 0.15) is 37.8 Å². The normalized spacial score (nSPS) is 13.1. The van der Waals surface area contributed by atoms with Crippen molar-refractivity contribution in [3.63, 3.8) is 0 Å². The summed E-state index contributed by atoms with van der Waals surface area (Å²) in [5, 5.41) is 6.33. The third-order valence-electron chi connectivity index (χ3n) is 6.91. The second kappa shape index (κ2) is 8.83. The van der Waals surface area contributed by atoms with Crippen molar-refractivity contribution in [1.82, 2.24) is 4.57 Å². The van der Waals surface area contributed by atoms with Crippen molar-refractivity contribution in [1.29, 1.82) is 0 Å². The molecule has 5 aromatic rings. The molecule has 1 heterocycles. The molecular formula is C33H31N. The van der Waals surface area contributed by atoms with Gasteiger partial charge < -0.3 is 4.57 Å². The maximum absolute atomic E-state index is 3.94. The zero-order valence-electron chi connectivity index (χ0n) is 20.5. The van der Waals surface area contributed by atoms with Gasteiger partial charge >= 0.3 is 0 Å². The van der Waals surface area contributed by atoms with Crippen LogP contribution in [-0.4, -0.2) is 4.57 Å². The van der Waals surface area contributed by atoms with Gasteiger partial charge in [-0.3, -0.25) is 0 Å². The first kappa shape index (κ1) is 22.0. The SMILES string of the molecule is C=C/C=c1/cccc/c1=C(/C)n1c(-c2ccc3ccccc3c2C(C)C)c(C)c2ccccc21. The second-order valence-electron chi connectivity index (χ2n) is 9.30. The van der Waals surface area contributed by atoms with Crippen LogP contribution in [0.15, 0.2) is 97.6 Å². The Hall–Kier alpha value is -3.84. The summed E-state index contributed by atoms with van der Waals surface area (Å²) in [4.78, 5) is 0. The zero-order chi connectivity index (χ0) is 23.8. The van der Waals surface area contributed by atoms with E-state index in [0.29, 0.717) is 5.92 Å². The van der Waals surface area contributed by atoms with Gasteiger partial charge in [-0.1, -0.05) is 111 Å². The third kappa shape index (κ3) is 3.49. The number of para-hydroxylation sites is 1. The van der Waals surface area contributed by atoms with Crippen molar-refractivity contribution < 1.29 is 0 Å². The van der Waals surface area contributed by atoms with Crippen molar-refractivity contribution >= 4 is 33.4 Å². The van der Waals surface area contributed by atoms with E-state index in [1.54, 1.807) is 0 Å². The van der Waals surface area contributed by atoms with Crippen molar-refractivity contribution in [2.45, 2.75) is 33.6 Å². The van der Waals surface area contributed by atoms with E-state index in [-0.39, 0.29) is 0 Å². The lowest BCUT2D eigenvalue weighted by atomic mass is 9.88. The molecule has 0 aliphatic heterocycles. The van der Waals surface area contributed by atoms with Crippen LogP contribution in [-0.2, 0) is 0 Å². The van der Waals surface area contributed by atoms with E-state index in [1.807, 2.05) is 6.08 Å². The summed E-state index contributed by atoms with van der Waals surface area (Å²) >= 11 is 0. The number of nitrogens with zero attached hydrogens (tertiary/aromatic N) is 1. The smallest absolute Gasteiger partial charge is 0.0570 e. The zero-order valence-corrected chi connectivity index (χ0v) is 20.5. The first-order valence-electron chi connectivity index (χ1n) is 12.0. The van der Waals surface area contributed by atoms with E-state index >= 15 is 0 Å². The number of hydrogen-bond acceptors (Lipinski definition) is 0. The molecule has 0 saturated carbocycles. The number of aromatic nitrogens is 1. The number of hydrogen-bond donors (Lipinski definition) is 0. The van der Waals surface area contributed by atoms with Crippen LogP contribution in [0.3, 0.4) is 0 Å². The summed E-state index contributed by atoms with van der Waals surface area (Å²) in [5.41, 5.74) is 7.77. The Kier molecular flexibility index (Phi) is 5.71. The van der Waals surface area contributed by atoms with Gasteiger partial charge in [0.2, 0.25) is 0 Å². The fourth-order valence-electron chi connectivity index (χ4n) is 5.42. The van der Waals surface area contributed by atoms with E-state index in [1.165, 1.54) is 60.2 Å². The van der Waals surface area contributed by atoms with Crippen molar-refractivity contribution in [2.24, 2.45) is 0 Å². The highest BCUT2D eigenvalue weighted by Crippen LogP contribution is 2.41. The van der Waals surface area contributed by atoms with E-state index in [9.17, 15) is 0 Å². The van der Waals surface area contributed by atoms with Gasteiger partial charge in [0.15, 0.2) is 0 Å². The lowest BCUT2D eigenvalue weighted by Gasteiger charge is -2.20. The van der Waals surface area contributed by atoms with Gasteiger partial charge in [-0.05, 0) is 52.9 Å². The molecule has 0 aliphatic rings. The first-order valence-corrected chi connectivity index (χ1v) is 12.0. The molecule has 1 aromatic heterocycles. The average molecular weight is 442 g/mol. The van der Waals surface area contributed by atoms with Crippen molar-refractivity contribution in [3.05, 3.63) is 119 Å². The Morgan fingerprint density at radius 2 is 1.50 bits per heavy atom. The Morgan fingerprint density at radius 1 is 0.824 bits per heavy atom. The molecule has 0 spiro atoms. The van der Waals surface area contributed by atoms with Crippen molar-refractivity contribution in [3.8, 4) is 11.3 Å². The molecule has 1 heteroatoms. The maximum Gasteiger partial charge on any atom is 0.0570 e. The molecule has 34 heavy (non-hydrogen) atoms. The standard InChI is InChI=1S/C33H31N/c1-6-13-25-14-7-9-17-28(25)24(5)34-31-19-12-11-16-27(31)23(4)33(34)30-21-20-26-15-8-10-18-29(26)32(30)22(2)3/h6-22H,1H2,2-5H3/b25-13-,28-24+. The predicted molar refractivity (Wildman–Crippen MR) is 149 cm³/mol. The number of benzene rings is 4. The average Bonchev–Trinajstić information content (AvgIpc) is 3.15. The summed E-state index contributed by atoms with van der Waals surface area (Å²) < 4.78 is 2.47. The topological polar surface area (TPSA) is 4.93 Å². The van der Waals surface area contributed by atoms with E-state index in [2.05, 4.69) is 130 Å². The Bertz CT molecular complexity index is 1660. The Morgan fingerprint density at radius 3 is 2.26 bits per heavy atom. The molecule has 0 unspecified atom stereocenters. The molecular weight excluding hydrogens is 410 g/mol. The molecule has 4 aromatic carbocycles.